The van der Waals surface area contributed by atoms with Crippen molar-refractivity contribution in [1.82, 2.24) is 0 Å². The van der Waals surface area contributed by atoms with Crippen molar-refractivity contribution in [1.29, 1.82) is 0 Å². The van der Waals surface area contributed by atoms with Gasteiger partial charge in [-0.15, -0.1) is 0 Å². The monoisotopic (exact) mass is 234 g/mol. The molecule has 0 spiro atoms. The van der Waals surface area contributed by atoms with E-state index in [1.165, 1.54) is 19.3 Å². The van der Waals surface area contributed by atoms with Crippen molar-refractivity contribution in [2.24, 2.45) is 5.41 Å². The van der Waals surface area contributed by atoms with Gasteiger partial charge in [-0.3, -0.25) is 0 Å². The van der Waals surface area contributed by atoms with Gasteiger partial charge >= 0.3 is 0 Å². The fourth-order valence-corrected chi connectivity index (χ4v) is 2.61. The fourth-order valence-electron chi connectivity index (χ4n) is 2.61. The lowest BCUT2D eigenvalue weighted by molar-refractivity contribution is -0.0606. The van der Waals surface area contributed by atoms with Gasteiger partial charge in [0.25, 0.3) is 0 Å². The first kappa shape index (κ1) is 12.3. The number of aromatic hydroxyl groups is 1. The molecule has 1 atom stereocenters. The Balaban J connectivity index is 2.24. The van der Waals surface area contributed by atoms with Gasteiger partial charge in [-0.2, -0.15) is 0 Å². The second kappa shape index (κ2) is 4.25. The second-order valence-corrected chi connectivity index (χ2v) is 5.89. The molecule has 1 saturated carbocycles. The zero-order chi connectivity index (χ0) is 12.5. The second-order valence-electron chi connectivity index (χ2n) is 5.89. The van der Waals surface area contributed by atoms with Gasteiger partial charge in [0, 0.05) is 5.41 Å². The molecule has 0 saturated heterocycles. The summed E-state index contributed by atoms with van der Waals surface area (Å²) in [4.78, 5) is 0. The first-order chi connectivity index (χ1) is 7.95. The van der Waals surface area contributed by atoms with Crippen molar-refractivity contribution in [3.8, 4) is 11.5 Å². The summed E-state index contributed by atoms with van der Waals surface area (Å²) in [6.45, 7) is 6.68. The Labute approximate surface area is 104 Å². The van der Waals surface area contributed by atoms with Crippen LogP contribution in [0.1, 0.15) is 46.5 Å². The Morgan fingerprint density at radius 2 is 1.71 bits per heavy atom. The van der Waals surface area contributed by atoms with Crippen LogP contribution in [0.3, 0.4) is 0 Å². The van der Waals surface area contributed by atoms with Gasteiger partial charge in [-0.1, -0.05) is 32.4 Å². The minimum absolute atomic E-state index is 0.146. The van der Waals surface area contributed by atoms with Crippen LogP contribution in [0.25, 0.3) is 0 Å². The Kier molecular flexibility index (Phi) is 3.07. The smallest absolute Gasteiger partial charge is 0.161 e. The average molecular weight is 234 g/mol. The van der Waals surface area contributed by atoms with Crippen LogP contribution in [0.5, 0.6) is 11.5 Å². The van der Waals surface area contributed by atoms with E-state index in [0.717, 1.165) is 6.42 Å². The third-order valence-electron chi connectivity index (χ3n) is 4.34. The highest BCUT2D eigenvalue weighted by molar-refractivity contribution is 5.38. The molecular weight excluding hydrogens is 212 g/mol. The lowest BCUT2D eigenvalue weighted by Crippen LogP contribution is -2.49. The molecule has 1 aromatic carbocycles. The number of rotatable bonds is 2. The molecule has 0 amide bonds. The summed E-state index contributed by atoms with van der Waals surface area (Å²) in [6.07, 6.45) is 4.70. The molecule has 1 N–H and O–H groups in total. The molecule has 1 aromatic rings. The molecule has 0 bridgehead atoms. The summed E-state index contributed by atoms with van der Waals surface area (Å²) in [5.41, 5.74) is -0.0440. The number of hydrogen-bond donors (Lipinski definition) is 1. The molecule has 1 aliphatic rings. The minimum atomic E-state index is -0.190. The largest absolute Gasteiger partial charge is 0.504 e. The van der Waals surface area contributed by atoms with E-state index in [0.29, 0.717) is 5.75 Å². The van der Waals surface area contributed by atoms with Gasteiger partial charge in [-0.05, 0) is 38.3 Å². The highest BCUT2D eigenvalue weighted by Crippen LogP contribution is 2.47. The fraction of sp³-hybridized carbons (Fsp3) is 0.600. The Hall–Kier alpha value is -1.18. The van der Waals surface area contributed by atoms with Crippen molar-refractivity contribution in [2.75, 3.05) is 0 Å². The zero-order valence-corrected chi connectivity index (χ0v) is 11.0. The summed E-state index contributed by atoms with van der Waals surface area (Å²) in [5, 5.41) is 9.80. The van der Waals surface area contributed by atoms with Gasteiger partial charge in [-0.25, -0.2) is 0 Å². The molecule has 0 aromatic heterocycles. The summed E-state index contributed by atoms with van der Waals surface area (Å²) >= 11 is 0. The molecular formula is C15H22O2. The molecule has 17 heavy (non-hydrogen) atoms. The third kappa shape index (κ3) is 2.26. The third-order valence-corrected chi connectivity index (χ3v) is 4.34. The predicted molar refractivity (Wildman–Crippen MR) is 69.4 cm³/mol. The molecule has 1 unspecified atom stereocenters. The molecule has 94 valence electrons. The highest BCUT2D eigenvalue weighted by atomic mass is 16.5. The molecule has 2 rings (SSSR count). The van der Waals surface area contributed by atoms with Crippen LogP contribution in [0.4, 0.5) is 0 Å². The standard InChI is InChI=1S/C15H22O2/c1-14(2)10-6-7-11-15(14,3)17-13-9-5-4-8-12(13)16/h4-5,8-9,16H,6-7,10-11H2,1-3H3. The lowest BCUT2D eigenvalue weighted by atomic mass is 9.66. The predicted octanol–water partition coefficient (Wildman–Crippen LogP) is 4.13. The summed E-state index contributed by atoms with van der Waals surface area (Å²) < 4.78 is 6.14. The van der Waals surface area contributed by atoms with E-state index >= 15 is 0 Å². The van der Waals surface area contributed by atoms with Crippen molar-refractivity contribution in [3.05, 3.63) is 24.3 Å². The van der Waals surface area contributed by atoms with Crippen LogP contribution in [0.15, 0.2) is 24.3 Å². The summed E-state index contributed by atoms with van der Waals surface area (Å²) in [6, 6.07) is 7.23. The van der Waals surface area contributed by atoms with E-state index in [4.69, 9.17) is 4.74 Å². The number of ether oxygens (including phenoxy) is 1. The quantitative estimate of drug-likeness (QED) is 0.833. The van der Waals surface area contributed by atoms with Crippen LogP contribution < -0.4 is 4.74 Å². The number of para-hydroxylation sites is 2. The highest BCUT2D eigenvalue weighted by Gasteiger charge is 2.45. The molecule has 1 aliphatic carbocycles. The topological polar surface area (TPSA) is 29.5 Å². The van der Waals surface area contributed by atoms with Gasteiger partial charge in [0.1, 0.15) is 5.60 Å². The first-order valence-electron chi connectivity index (χ1n) is 6.42. The Bertz CT molecular complexity index is 398. The molecule has 1 fully saturated rings. The number of phenolic OH excluding ortho intramolecular Hbond substituents is 1. The number of hydrogen-bond acceptors (Lipinski definition) is 2. The molecule has 0 heterocycles. The maximum atomic E-state index is 9.80. The van der Waals surface area contributed by atoms with E-state index in [2.05, 4.69) is 20.8 Å². The Morgan fingerprint density at radius 1 is 1.06 bits per heavy atom. The van der Waals surface area contributed by atoms with E-state index in [1.807, 2.05) is 18.2 Å². The molecule has 2 nitrogen and oxygen atoms in total. The van der Waals surface area contributed by atoms with Crippen LogP contribution in [0.2, 0.25) is 0 Å². The maximum absolute atomic E-state index is 9.80. The van der Waals surface area contributed by atoms with Crippen LogP contribution >= 0.6 is 0 Å². The van der Waals surface area contributed by atoms with Crippen LogP contribution in [-0.2, 0) is 0 Å². The molecule has 2 heteroatoms. The zero-order valence-electron chi connectivity index (χ0n) is 11.0. The van der Waals surface area contributed by atoms with Crippen LogP contribution in [0, 0.1) is 5.41 Å². The van der Waals surface area contributed by atoms with Gasteiger partial charge in [0.2, 0.25) is 0 Å². The summed E-state index contributed by atoms with van der Waals surface area (Å²) in [5.74, 6) is 0.833. The Morgan fingerprint density at radius 3 is 2.35 bits per heavy atom. The summed E-state index contributed by atoms with van der Waals surface area (Å²) in [7, 11) is 0. The van der Waals surface area contributed by atoms with E-state index in [9.17, 15) is 5.11 Å². The van der Waals surface area contributed by atoms with Crippen molar-refractivity contribution >= 4 is 0 Å². The van der Waals surface area contributed by atoms with E-state index in [1.54, 1.807) is 6.07 Å². The maximum Gasteiger partial charge on any atom is 0.161 e. The number of phenols is 1. The molecule has 0 radical (unpaired) electrons. The van der Waals surface area contributed by atoms with E-state index < -0.39 is 0 Å². The SMILES string of the molecule is CC1(C)CCCCC1(C)Oc1ccccc1O. The first-order valence-corrected chi connectivity index (χ1v) is 6.42. The van der Waals surface area contributed by atoms with Crippen molar-refractivity contribution in [2.45, 2.75) is 52.1 Å². The lowest BCUT2D eigenvalue weighted by Gasteiger charge is -2.47. The van der Waals surface area contributed by atoms with Gasteiger partial charge < -0.3 is 9.84 Å². The van der Waals surface area contributed by atoms with Gasteiger partial charge in [0.05, 0.1) is 0 Å². The van der Waals surface area contributed by atoms with Crippen molar-refractivity contribution < 1.29 is 9.84 Å². The van der Waals surface area contributed by atoms with E-state index in [-0.39, 0.29) is 16.8 Å². The van der Waals surface area contributed by atoms with Crippen molar-refractivity contribution in [3.63, 3.8) is 0 Å². The molecule has 0 aliphatic heterocycles. The van der Waals surface area contributed by atoms with Gasteiger partial charge in [0.15, 0.2) is 11.5 Å². The number of benzene rings is 1. The minimum Gasteiger partial charge on any atom is -0.504 e. The van der Waals surface area contributed by atoms with Crippen LogP contribution in [-0.4, -0.2) is 10.7 Å². The average Bonchev–Trinajstić information content (AvgIpc) is 2.26. The normalized spacial score (nSPS) is 27.7.